The molecule has 4 heterocycles. The maximum absolute atomic E-state index is 13.3. The number of nitrogens with zero attached hydrogens (tertiary/aromatic N) is 7. The Morgan fingerprint density at radius 1 is 1.08 bits per heavy atom. The molecule has 0 aliphatic carbocycles. The van der Waals surface area contributed by atoms with Crippen LogP contribution in [0.4, 0.5) is 11.8 Å². The molecule has 0 spiro atoms. The second kappa shape index (κ2) is 9.37. The lowest BCUT2D eigenvalue weighted by molar-refractivity contribution is -0.129. The van der Waals surface area contributed by atoms with Crippen molar-refractivity contribution in [3.63, 3.8) is 0 Å². The maximum Gasteiger partial charge on any atom is 0.273 e. The largest absolute Gasteiger partial charge is 0.353 e. The van der Waals surface area contributed by atoms with Gasteiger partial charge in [-0.2, -0.15) is 4.98 Å². The summed E-state index contributed by atoms with van der Waals surface area (Å²) in [5, 5.41) is 2.27. The Kier molecular flexibility index (Phi) is 6.24. The second-order valence-electron chi connectivity index (χ2n) is 10.1. The normalized spacial score (nSPS) is 15.7. The van der Waals surface area contributed by atoms with Crippen molar-refractivity contribution in [3.8, 4) is 0 Å². The predicted octanol–water partition coefficient (Wildman–Crippen LogP) is 3.00. The Morgan fingerprint density at radius 3 is 2.53 bits per heavy atom. The number of aromatic nitrogens is 3. The summed E-state index contributed by atoms with van der Waals surface area (Å²) in [6.45, 7) is 11.3. The van der Waals surface area contributed by atoms with Crippen molar-refractivity contribution in [1.29, 1.82) is 0 Å². The Hall–Kier alpha value is -3.75. The zero-order chi connectivity index (χ0) is 25.6. The third-order valence-electron chi connectivity index (χ3n) is 7.09. The van der Waals surface area contributed by atoms with Crippen molar-refractivity contribution in [2.45, 2.75) is 46.8 Å². The lowest BCUT2D eigenvalue weighted by Gasteiger charge is -2.34. The summed E-state index contributed by atoms with van der Waals surface area (Å²) in [5.41, 5.74) is 3.48. The van der Waals surface area contributed by atoms with Crippen LogP contribution in [0.25, 0.3) is 10.8 Å². The number of fused-ring (bicyclic) bond motifs is 2. The molecule has 9 nitrogen and oxygen atoms in total. The summed E-state index contributed by atoms with van der Waals surface area (Å²) in [5.74, 6) is 1.32. The molecular formula is C27H33N7O2. The number of benzene rings is 1. The Bertz CT molecular complexity index is 1330. The summed E-state index contributed by atoms with van der Waals surface area (Å²) in [6, 6.07) is 8.54. The number of aryl methyl sites for hydroxylation is 1. The van der Waals surface area contributed by atoms with Gasteiger partial charge in [0, 0.05) is 63.3 Å². The molecule has 0 atom stereocenters. The van der Waals surface area contributed by atoms with Crippen molar-refractivity contribution < 1.29 is 9.59 Å². The van der Waals surface area contributed by atoms with Gasteiger partial charge in [0.2, 0.25) is 11.9 Å². The van der Waals surface area contributed by atoms with Crippen LogP contribution in [0.1, 0.15) is 48.1 Å². The van der Waals surface area contributed by atoms with E-state index >= 15 is 0 Å². The molecule has 2 amide bonds. The highest BCUT2D eigenvalue weighted by molar-refractivity contribution is 5.98. The standard InChI is InChI=1S/C27H33N7O2/c1-17(2)34-16-23-24(26(34)36)29-27(33-10-8-32(9-11-33)19(4)35)30-25(23)31(5)15-22-13-20-7-6-18(3)12-21(20)14-28-22/h6-7,12-14,17H,8-11,15-16H2,1-5H3. The van der Waals surface area contributed by atoms with Crippen molar-refractivity contribution >= 4 is 34.4 Å². The van der Waals surface area contributed by atoms with Gasteiger partial charge in [0.15, 0.2) is 0 Å². The summed E-state index contributed by atoms with van der Waals surface area (Å²) in [4.78, 5) is 47.2. The van der Waals surface area contributed by atoms with Gasteiger partial charge in [-0.1, -0.05) is 17.7 Å². The van der Waals surface area contributed by atoms with Crippen LogP contribution in [0.15, 0.2) is 30.5 Å². The van der Waals surface area contributed by atoms with Crippen LogP contribution in [0.3, 0.4) is 0 Å². The van der Waals surface area contributed by atoms with Crippen molar-refractivity contribution in [3.05, 3.63) is 53.0 Å². The van der Waals surface area contributed by atoms with E-state index in [1.165, 1.54) is 5.56 Å². The smallest absolute Gasteiger partial charge is 0.273 e. The first-order chi connectivity index (χ1) is 17.2. The van der Waals surface area contributed by atoms with Crippen molar-refractivity contribution in [2.24, 2.45) is 0 Å². The average Bonchev–Trinajstić information content (AvgIpc) is 3.20. The number of carbonyl (C=O) groups is 2. The molecule has 9 heteroatoms. The highest BCUT2D eigenvalue weighted by Crippen LogP contribution is 2.33. The lowest BCUT2D eigenvalue weighted by atomic mass is 10.1. The van der Waals surface area contributed by atoms with E-state index in [2.05, 4.69) is 41.0 Å². The molecule has 1 fully saturated rings. The third kappa shape index (κ3) is 4.45. The van der Waals surface area contributed by atoms with E-state index in [-0.39, 0.29) is 17.9 Å². The molecule has 36 heavy (non-hydrogen) atoms. The number of hydrogen-bond donors (Lipinski definition) is 0. The molecule has 0 bridgehead atoms. The zero-order valence-corrected chi connectivity index (χ0v) is 21.7. The fourth-order valence-electron chi connectivity index (χ4n) is 4.97. The number of piperazine rings is 1. The van der Waals surface area contributed by atoms with Gasteiger partial charge >= 0.3 is 0 Å². The van der Waals surface area contributed by atoms with Crippen LogP contribution in [0.2, 0.25) is 0 Å². The van der Waals surface area contributed by atoms with Crippen molar-refractivity contribution in [2.75, 3.05) is 43.0 Å². The van der Waals surface area contributed by atoms with Crippen LogP contribution in [0.5, 0.6) is 0 Å². The van der Waals surface area contributed by atoms with E-state index in [9.17, 15) is 9.59 Å². The number of hydrogen-bond acceptors (Lipinski definition) is 7. The first-order valence-electron chi connectivity index (χ1n) is 12.5. The number of amides is 2. The van der Waals surface area contributed by atoms with Gasteiger partial charge in [0.25, 0.3) is 5.91 Å². The minimum Gasteiger partial charge on any atom is -0.353 e. The zero-order valence-electron chi connectivity index (χ0n) is 21.7. The molecule has 0 radical (unpaired) electrons. The maximum atomic E-state index is 13.3. The van der Waals surface area contributed by atoms with E-state index in [1.807, 2.05) is 36.9 Å². The molecule has 1 aromatic carbocycles. The van der Waals surface area contributed by atoms with Crippen LogP contribution in [0, 0.1) is 6.92 Å². The number of rotatable bonds is 5. The predicted molar refractivity (Wildman–Crippen MR) is 140 cm³/mol. The minimum absolute atomic E-state index is 0.0557. The van der Waals surface area contributed by atoms with Crippen LogP contribution >= 0.6 is 0 Å². The SMILES string of the molecule is CC(=O)N1CCN(c2nc3c(c(N(C)Cc4cc5ccc(C)cc5cn4)n2)CN(C(C)C)C3=O)CC1. The second-order valence-corrected chi connectivity index (χ2v) is 10.1. The van der Waals surface area contributed by atoms with E-state index in [1.54, 1.807) is 6.92 Å². The number of carbonyl (C=O) groups excluding carboxylic acids is 2. The quantitative estimate of drug-likeness (QED) is 0.547. The van der Waals surface area contributed by atoms with Gasteiger partial charge in [-0.05, 0) is 38.3 Å². The number of anilines is 2. The van der Waals surface area contributed by atoms with Gasteiger partial charge in [0.05, 0.1) is 18.8 Å². The molecule has 2 aromatic heterocycles. The fourth-order valence-corrected chi connectivity index (χ4v) is 4.97. The van der Waals surface area contributed by atoms with E-state index < -0.39 is 0 Å². The molecule has 0 unspecified atom stereocenters. The van der Waals surface area contributed by atoms with Gasteiger partial charge in [0.1, 0.15) is 11.5 Å². The van der Waals surface area contributed by atoms with Gasteiger partial charge in [-0.3, -0.25) is 14.6 Å². The monoisotopic (exact) mass is 487 g/mol. The highest BCUT2D eigenvalue weighted by atomic mass is 16.2. The van der Waals surface area contributed by atoms with E-state index in [0.717, 1.165) is 27.8 Å². The Morgan fingerprint density at radius 2 is 1.83 bits per heavy atom. The summed E-state index contributed by atoms with van der Waals surface area (Å²) in [7, 11) is 1.99. The molecule has 2 aliphatic rings. The molecule has 5 rings (SSSR count). The molecule has 3 aromatic rings. The van der Waals surface area contributed by atoms with Gasteiger partial charge < -0.3 is 19.6 Å². The first-order valence-corrected chi connectivity index (χ1v) is 12.5. The van der Waals surface area contributed by atoms with E-state index in [4.69, 9.17) is 15.0 Å². The molecule has 0 N–H and O–H groups in total. The van der Waals surface area contributed by atoms with Crippen LogP contribution < -0.4 is 9.80 Å². The first kappa shape index (κ1) is 24.0. The minimum atomic E-state index is -0.0557. The molecule has 0 saturated carbocycles. The van der Waals surface area contributed by atoms with Crippen molar-refractivity contribution in [1.82, 2.24) is 24.8 Å². The van der Waals surface area contributed by atoms with Gasteiger partial charge in [-0.25, -0.2) is 4.98 Å². The van der Waals surface area contributed by atoms with Gasteiger partial charge in [-0.15, -0.1) is 0 Å². The molecule has 2 aliphatic heterocycles. The summed E-state index contributed by atoms with van der Waals surface area (Å²) >= 11 is 0. The highest BCUT2D eigenvalue weighted by Gasteiger charge is 2.36. The van der Waals surface area contributed by atoms with E-state index in [0.29, 0.717) is 50.9 Å². The average molecular weight is 488 g/mol. The summed E-state index contributed by atoms with van der Waals surface area (Å²) < 4.78 is 0. The lowest BCUT2D eigenvalue weighted by Crippen LogP contribution is -2.48. The number of pyridine rings is 1. The molecule has 188 valence electrons. The van der Waals surface area contributed by atoms with Crippen LogP contribution in [-0.4, -0.2) is 75.8 Å². The Labute approximate surface area is 211 Å². The topological polar surface area (TPSA) is 85.8 Å². The summed E-state index contributed by atoms with van der Waals surface area (Å²) in [6.07, 6.45) is 1.92. The Balaban J connectivity index is 1.48. The molecular weight excluding hydrogens is 454 g/mol. The third-order valence-corrected chi connectivity index (χ3v) is 7.09. The van der Waals surface area contributed by atoms with Crippen LogP contribution in [-0.2, 0) is 17.9 Å². The fraction of sp³-hybridized carbons (Fsp3) is 0.444. The molecule has 1 saturated heterocycles.